The SMILES string of the molecule is CCOc1cc(OC(F)F)c(Br)cc1Br. The van der Waals surface area contributed by atoms with Gasteiger partial charge in [0.05, 0.1) is 15.6 Å². The first-order valence-corrected chi connectivity index (χ1v) is 5.69. The van der Waals surface area contributed by atoms with Gasteiger partial charge < -0.3 is 9.47 Å². The number of hydrogen-bond acceptors (Lipinski definition) is 2. The van der Waals surface area contributed by atoms with Crippen molar-refractivity contribution in [3.8, 4) is 11.5 Å². The highest BCUT2D eigenvalue weighted by molar-refractivity contribution is 9.11. The lowest BCUT2D eigenvalue weighted by atomic mass is 10.3. The minimum atomic E-state index is -2.85. The van der Waals surface area contributed by atoms with Crippen LogP contribution >= 0.6 is 31.9 Å². The van der Waals surface area contributed by atoms with Crippen LogP contribution in [0.5, 0.6) is 11.5 Å². The van der Waals surface area contributed by atoms with Crippen molar-refractivity contribution in [2.45, 2.75) is 13.5 Å². The molecular formula is C9H8Br2F2O2. The second kappa shape index (κ2) is 5.65. The molecule has 0 bridgehead atoms. The van der Waals surface area contributed by atoms with Crippen LogP contribution < -0.4 is 9.47 Å². The average molecular weight is 346 g/mol. The van der Waals surface area contributed by atoms with Crippen LogP contribution in [0.1, 0.15) is 6.92 Å². The third-order valence-corrected chi connectivity index (χ3v) is 2.74. The van der Waals surface area contributed by atoms with Gasteiger partial charge in [-0.1, -0.05) is 0 Å². The van der Waals surface area contributed by atoms with Gasteiger partial charge in [0.1, 0.15) is 11.5 Å². The molecule has 6 heteroatoms. The van der Waals surface area contributed by atoms with Gasteiger partial charge in [-0.15, -0.1) is 0 Å². The van der Waals surface area contributed by atoms with Crippen molar-refractivity contribution in [2.75, 3.05) is 6.61 Å². The van der Waals surface area contributed by atoms with Crippen molar-refractivity contribution in [1.29, 1.82) is 0 Å². The molecule has 0 N–H and O–H groups in total. The highest BCUT2D eigenvalue weighted by Gasteiger charge is 2.12. The Morgan fingerprint density at radius 1 is 1.20 bits per heavy atom. The Kier molecular flexibility index (Phi) is 4.79. The Morgan fingerprint density at radius 2 is 1.80 bits per heavy atom. The van der Waals surface area contributed by atoms with Crippen LogP contribution in [-0.2, 0) is 0 Å². The normalized spacial score (nSPS) is 10.5. The standard InChI is InChI=1S/C9H8Br2F2O2/c1-2-14-7-4-8(15-9(12)13)6(11)3-5(7)10/h3-4,9H,2H2,1H3. The van der Waals surface area contributed by atoms with Gasteiger partial charge in [0.25, 0.3) is 0 Å². The molecular weight excluding hydrogens is 338 g/mol. The van der Waals surface area contributed by atoms with Gasteiger partial charge in [-0.25, -0.2) is 0 Å². The first-order chi connectivity index (χ1) is 7.04. The number of ether oxygens (including phenoxy) is 2. The van der Waals surface area contributed by atoms with Gasteiger partial charge in [0, 0.05) is 6.07 Å². The summed E-state index contributed by atoms with van der Waals surface area (Å²) in [7, 11) is 0. The first kappa shape index (κ1) is 12.7. The molecule has 0 saturated carbocycles. The van der Waals surface area contributed by atoms with Gasteiger partial charge in [0.2, 0.25) is 0 Å². The molecule has 0 atom stereocenters. The minimum Gasteiger partial charge on any atom is -0.493 e. The zero-order valence-electron chi connectivity index (χ0n) is 7.77. The van der Waals surface area contributed by atoms with Gasteiger partial charge in [-0.2, -0.15) is 8.78 Å². The fourth-order valence-electron chi connectivity index (χ4n) is 0.963. The minimum absolute atomic E-state index is 0.0525. The third-order valence-electron chi connectivity index (χ3n) is 1.50. The van der Waals surface area contributed by atoms with Crippen molar-refractivity contribution in [3.05, 3.63) is 21.1 Å². The molecule has 1 aromatic rings. The molecule has 2 nitrogen and oxygen atoms in total. The smallest absolute Gasteiger partial charge is 0.387 e. The topological polar surface area (TPSA) is 18.5 Å². The van der Waals surface area contributed by atoms with Crippen LogP contribution in [0.3, 0.4) is 0 Å². The van der Waals surface area contributed by atoms with Crippen molar-refractivity contribution in [3.63, 3.8) is 0 Å². The summed E-state index contributed by atoms with van der Waals surface area (Å²) < 4.78 is 34.7. The van der Waals surface area contributed by atoms with Crippen LogP contribution in [0, 0.1) is 0 Å². The molecule has 0 aliphatic carbocycles. The van der Waals surface area contributed by atoms with Crippen LogP contribution in [-0.4, -0.2) is 13.2 Å². The van der Waals surface area contributed by atoms with E-state index >= 15 is 0 Å². The summed E-state index contributed by atoms with van der Waals surface area (Å²) in [6, 6.07) is 3.01. The van der Waals surface area contributed by atoms with E-state index in [1.165, 1.54) is 6.07 Å². The molecule has 0 fully saturated rings. The number of alkyl halides is 2. The zero-order valence-corrected chi connectivity index (χ0v) is 10.9. The molecule has 0 aliphatic rings. The lowest BCUT2D eigenvalue weighted by Crippen LogP contribution is -2.03. The van der Waals surface area contributed by atoms with Gasteiger partial charge in [0.15, 0.2) is 0 Å². The number of rotatable bonds is 4. The average Bonchev–Trinajstić information content (AvgIpc) is 2.12. The summed E-state index contributed by atoms with van der Waals surface area (Å²) in [5.41, 5.74) is 0. The number of halogens is 4. The summed E-state index contributed by atoms with van der Waals surface area (Å²) >= 11 is 6.37. The van der Waals surface area contributed by atoms with E-state index in [1.807, 2.05) is 6.92 Å². The van der Waals surface area contributed by atoms with E-state index in [9.17, 15) is 8.78 Å². The molecule has 84 valence electrons. The lowest BCUT2D eigenvalue weighted by Gasteiger charge is -2.11. The van der Waals surface area contributed by atoms with Crippen molar-refractivity contribution in [2.24, 2.45) is 0 Å². The lowest BCUT2D eigenvalue weighted by molar-refractivity contribution is -0.0504. The second-order valence-electron chi connectivity index (χ2n) is 2.52. The van der Waals surface area contributed by atoms with Crippen LogP contribution in [0.25, 0.3) is 0 Å². The summed E-state index contributed by atoms with van der Waals surface area (Å²) in [5.74, 6) is 0.521. The second-order valence-corrected chi connectivity index (χ2v) is 4.23. The largest absolute Gasteiger partial charge is 0.493 e. The molecule has 1 rings (SSSR count). The fourth-order valence-corrected chi connectivity index (χ4v) is 2.16. The summed E-state index contributed by atoms with van der Waals surface area (Å²) in [4.78, 5) is 0. The van der Waals surface area contributed by atoms with E-state index in [-0.39, 0.29) is 5.75 Å². The van der Waals surface area contributed by atoms with Crippen LogP contribution in [0.15, 0.2) is 21.1 Å². The van der Waals surface area contributed by atoms with Gasteiger partial charge >= 0.3 is 6.61 Å². The maximum Gasteiger partial charge on any atom is 0.387 e. The van der Waals surface area contributed by atoms with Crippen LogP contribution in [0.2, 0.25) is 0 Å². The molecule has 0 aliphatic heterocycles. The van der Waals surface area contributed by atoms with E-state index in [0.717, 1.165) is 0 Å². The summed E-state index contributed by atoms with van der Waals surface area (Å²) in [6.45, 7) is -0.590. The fraction of sp³-hybridized carbons (Fsp3) is 0.333. The Morgan fingerprint density at radius 3 is 2.33 bits per heavy atom. The molecule has 0 aromatic heterocycles. The predicted octanol–water partition coefficient (Wildman–Crippen LogP) is 4.21. The Labute approximate surface area is 103 Å². The van der Waals surface area contributed by atoms with E-state index in [0.29, 0.717) is 21.3 Å². The van der Waals surface area contributed by atoms with Gasteiger partial charge in [-0.05, 0) is 44.8 Å². The van der Waals surface area contributed by atoms with E-state index in [4.69, 9.17) is 4.74 Å². The number of hydrogen-bond donors (Lipinski definition) is 0. The summed E-state index contributed by atoms with van der Waals surface area (Å²) in [6.07, 6.45) is 0. The highest BCUT2D eigenvalue weighted by atomic mass is 79.9. The Bertz CT molecular complexity index is 345. The monoisotopic (exact) mass is 344 g/mol. The first-order valence-electron chi connectivity index (χ1n) is 4.11. The van der Waals surface area contributed by atoms with E-state index in [1.54, 1.807) is 6.07 Å². The molecule has 0 unspecified atom stereocenters. The molecule has 0 amide bonds. The number of benzene rings is 1. The molecule has 0 spiro atoms. The molecule has 1 aromatic carbocycles. The molecule has 0 radical (unpaired) electrons. The maximum atomic E-state index is 12.0. The van der Waals surface area contributed by atoms with Crippen molar-refractivity contribution >= 4 is 31.9 Å². The molecule has 0 saturated heterocycles. The van der Waals surface area contributed by atoms with Gasteiger partial charge in [-0.3, -0.25) is 0 Å². The predicted molar refractivity (Wildman–Crippen MR) is 59.6 cm³/mol. The summed E-state index contributed by atoms with van der Waals surface area (Å²) in [5, 5.41) is 0. The van der Waals surface area contributed by atoms with E-state index in [2.05, 4.69) is 36.6 Å². The Hall–Kier alpha value is -0.360. The Balaban J connectivity index is 3.00. The van der Waals surface area contributed by atoms with Crippen LogP contribution in [0.4, 0.5) is 8.78 Å². The van der Waals surface area contributed by atoms with Crippen molar-refractivity contribution < 1.29 is 18.3 Å². The highest BCUT2D eigenvalue weighted by Crippen LogP contribution is 2.36. The quantitative estimate of drug-likeness (QED) is 0.813. The van der Waals surface area contributed by atoms with Crippen molar-refractivity contribution in [1.82, 2.24) is 0 Å². The molecule has 0 heterocycles. The zero-order chi connectivity index (χ0) is 11.4. The molecule has 15 heavy (non-hydrogen) atoms. The third kappa shape index (κ3) is 3.61. The maximum absolute atomic E-state index is 12.0. The van der Waals surface area contributed by atoms with E-state index < -0.39 is 6.61 Å².